The molecule has 1 aromatic carbocycles. The Morgan fingerprint density at radius 2 is 1.97 bits per heavy atom. The van der Waals surface area contributed by atoms with Gasteiger partial charge in [-0.05, 0) is 93.9 Å². The molecule has 1 aromatic rings. The standard InChI is InChI=1S/C25H38N2O2/c1-24(2,3)29-23(28)27-15-6-7-18(12-16-27)20-8-9-22(26)21(17-20)19-10-13-25(4,5)14-11-19/h8-10,17-18H,6-7,11-16,26H2,1-5H3. The summed E-state index contributed by atoms with van der Waals surface area (Å²) in [7, 11) is 0. The van der Waals surface area contributed by atoms with Crippen molar-refractivity contribution in [1.29, 1.82) is 0 Å². The summed E-state index contributed by atoms with van der Waals surface area (Å²) in [5.41, 5.74) is 11.1. The SMILES string of the molecule is CC1(C)CC=C(c2cc(C3CCCN(C(=O)OC(C)(C)C)CC3)ccc2N)CC1. The topological polar surface area (TPSA) is 55.6 Å². The second kappa shape index (κ2) is 8.41. The number of amides is 1. The molecule has 4 heteroatoms. The van der Waals surface area contributed by atoms with E-state index in [1.54, 1.807) is 0 Å². The Labute approximate surface area is 176 Å². The van der Waals surface area contributed by atoms with Crippen molar-refractivity contribution < 1.29 is 9.53 Å². The molecule has 1 saturated heterocycles. The summed E-state index contributed by atoms with van der Waals surface area (Å²) < 4.78 is 5.57. The first-order chi connectivity index (χ1) is 13.5. The number of carbonyl (C=O) groups is 1. The molecule has 1 aliphatic carbocycles. The second-order valence-electron chi connectivity index (χ2n) is 10.5. The zero-order chi connectivity index (χ0) is 21.2. The van der Waals surface area contributed by atoms with Crippen LogP contribution in [-0.2, 0) is 4.74 Å². The van der Waals surface area contributed by atoms with Gasteiger partial charge in [-0.2, -0.15) is 0 Å². The minimum absolute atomic E-state index is 0.189. The number of carbonyl (C=O) groups excluding carboxylic acids is 1. The van der Waals surface area contributed by atoms with Crippen molar-refractivity contribution in [3.05, 3.63) is 35.4 Å². The highest BCUT2D eigenvalue weighted by Crippen LogP contribution is 2.40. The lowest BCUT2D eigenvalue weighted by Crippen LogP contribution is -2.37. The van der Waals surface area contributed by atoms with Gasteiger partial charge >= 0.3 is 6.09 Å². The van der Waals surface area contributed by atoms with Gasteiger partial charge in [0.2, 0.25) is 0 Å². The average Bonchev–Trinajstić information content (AvgIpc) is 2.87. The van der Waals surface area contributed by atoms with Crippen LogP contribution in [0.15, 0.2) is 24.3 Å². The molecule has 0 radical (unpaired) electrons. The van der Waals surface area contributed by atoms with Gasteiger partial charge in [-0.25, -0.2) is 4.79 Å². The third-order valence-electron chi connectivity index (χ3n) is 6.25. The molecule has 1 aliphatic heterocycles. The Balaban J connectivity index is 1.71. The summed E-state index contributed by atoms with van der Waals surface area (Å²) in [5, 5.41) is 0. The summed E-state index contributed by atoms with van der Waals surface area (Å²) in [6, 6.07) is 6.56. The van der Waals surface area contributed by atoms with E-state index >= 15 is 0 Å². The maximum Gasteiger partial charge on any atom is 0.410 e. The number of anilines is 1. The molecule has 0 spiro atoms. The fourth-order valence-corrected chi connectivity index (χ4v) is 4.37. The van der Waals surface area contributed by atoms with E-state index in [2.05, 4.69) is 38.1 Å². The first-order valence-electron chi connectivity index (χ1n) is 11.1. The minimum atomic E-state index is -0.447. The summed E-state index contributed by atoms with van der Waals surface area (Å²) in [6.45, 7) is 11.9. The van der Waals surface area contributed by atoms with E-state index in [-0.39, 0.29) is 6.09 Å². The molecule has 1 amide bonds. The van der Waals surface area contributed by atoms with E-state index < -0.39 is 5.60 Å². The molecule has 160 valence electrons. The Bertz CT molecular complexity index is 774. The third-order valence-corrected chi connectivity index (χ3v) is 6.25. The molecule has 4 nitrogen and oxygen atoms in total. The van der Waals surface area contributed by atoms with Gasteiger partial charge in [0.05, 0.1) is 0 Å². The maximum atomic E-state index is 12.4. The smallest absolute Gasteiger partial charge is 0.410 e. The van der Waals surface area contributed by atoms with Crippen molar-refractivity contribution in [2.45, 2.75) is 84.7 Å². The number of allylic oxidation sites excluding steroid dienone is 2. The van der Waals surface area contributed by atoms with Crippen LogP contribution in [0.25, 0.3) is 5.57 Å². The van der Waals surface area contributed by atoms with Crippen LogP contribution < -0.4 is 5.73 Å². The van der Waals surface area contributed by atoms with Crippen LogP contribution in [0.3, 0.4) is 0 Å². The highest BCUT2D eigenvalue weighted by molar-refractivity contribution is 5.76. The van der Waals surface area contributed by atoms with E-state index in [1.165, 1.54) is 23.1 Å². The Morgan fingerprint density at radius 1 is 1.21 bits per heavy atom. The number of ether oxygens (including phenoxy) is 1. The van der Waals surface area contributed by atoms with Crippen molar-refractivity contribution in [3.8, 4) is 0 Å². The number of hydrogen-bond donors (Lipinski definition) is 1. The number of likely N-dealkylation sites (tertiary alicyclic amines) is 1. The number of hydrogen-bond acceptors (Lipinski definition) is 3. The minimum Gasteiger partial charge on any atom is -0.444 e. The fraction of sp³-hybridized carbons (Fsp3) is 0.640. The fourth-order valence-electron chi connectivity index (χ4n) is 4.37. The zero-order valence-electron chi connectivity index (χ0n) is 18.9. The van der Waals surface area contributed by atoms with E-state index in [0.29, 0.717) is 11.3 Å². The van der Waals surface area contributed by atoms with Gasteiger partial charge in [0, 0.05) is 24.3 Å². The molecule has 0 aromatic heterocycles. The lowest BCUT2D eigenvalue weighted by molar-refractivity contribution is 0.0256. The van der Waals surface area contributed by atoms with Crippen molar-refractivity contribution >= 4 is 17.4 Å². The first-order valence-corrected chi connectivity index (χ1v) is 11.1. The van der Waals surface area contributed by atoms with Crippen molar-refractivity contribution in [2.75, 3.05) is 18.8 Å². The molecule has 3 rings (SSSR count). The lowest BCUT2D eigenvalue weighted by Gasteiger charge is -2.29. The predicted molar refractivity (Wildman–Crippen MR) is 121 cm³/mol. The van der Waals surface area contributed by atoms with Crippen LogP contribution in [0.1, 0.15) is 90.2 Å². The van der Waals surface area contributed by atoms with Crippen LogP contribution in [0.2, 0.25) is 0 Å². The van der Waals surface area contributed by atoms with Gasteiger partial charge in [-0.15, -0.1) is 0 Å². The van der Waals surface area contributed by atoms with Gasteiger partial charge in [-0.3, -0.25) is 0 Å². The zero-order valence-corrected chi connectivity index (χ0v) is 18.9. The molecule has 29 heavy (non-hydrogen) atoms. The van der Waals surface area contributed by atoms with Crippen LogP contribution in [0, 0.1) is 5.41 Å². The summed E-state index contributed by atoms with van der Waals surface area (Å²) >= 11 is 0. The molecular weight excluding hydrogens is 360 g/mol. The van der Waals surface area contributed by atoms with Crippen molar-refractivity contribution in [2.24, 2.45) is 5.41 Å². The Kier molecular flexibility index (Phi) is 6.30. The summed E-state index contributed by atoms with van der Waals surface area (Å²) in [5.74, 6) is 0.461. The molecule has 1 unspecified atom stereocenters. The Hall–Kier alpha value is -1.97. The van der Waals surface area contributed by atoms with E-state index in [9.17, 15) is 4.79 Å². The molecule has 0 bridgehead atoms. The van der Waals surface area contributed by atoms with E-state index in [4.69, 9.17) is 10.5 Å². The van der Waals surface area contributed by atoms with Crippen LogP contribution in [0.5, 0.6) is 0 Å². The maximum absolute atomic E-state index is 12.4. The predicted octanol–water partition coefficient (Wildman–Crippen LogP) is 6.37. The normalized spacial score (nSPS) is 22.6. The van der Waals surface area contributed by atoms with Crippen molar-refractivity contribution in [3.63, 3.8) is 0 Å². The lowest BCUT2D eigenvalue weighted by atomic mass is 9.76. The molecule has 1 fully saturated rings. The highest BCUT2D eigenvalue weighted by Gasteiger charge is 2.27. The molecule has 1 atom stereocenters. The average molecular weight is 399 g/mol. The van der Waals surface area contributed by atoms with E-state index in [1.807, 2.05) is 25.7 Å². The Morgan fingerprint density at radius 3 is 2.62 bits per heavy atom. The van der Waals surface area contributed by atoms with Crippen molar-refractivity contribution in [1.82, 2.24) is 4.90 Å². The molecule has 0 saturated carbocycles. The van der Waals surface area contributed by atoms with Gasteiger partial charge in [0.1, 0.15) is 5.60 Å². The van der Waals surface area contributed by atoms with Crippen LogP contribution in [-0.4, -0.2) is 29.7 Å². The van der Waals surface area contributed by atoms with Crippen LogP contribution in [0.4, 0.5) is 10.5 Å². The number of rotatable bonds is 2. The monoisotopic (exact) mass is 398 g/mol. The highest BCUT2D eigenvalue weighted by atomic mass is 16.6. The second-order valence-corrected chi connectivity index (χ2v) is 10.5. The molecule has 2 N–H and O–H groups in total. The third kappa shape index (κ3) is 5.77. The summed E-state index contributed by atoms with van der Waals surface area (Å²) in [6.07, 6.45) is 8.67. The molecular formula is C25H38N2O2. The molecule has 2 aliphatic rings. The van der Waals surface area contributed by atoms with Crippen LogP contribution >= 0.6 is 0 Å². The number of nitrogens with two attached hydrogens (primary N) is 1. The van der Waals surface area contributed by atoms with Gasteiger partial charge < -0.3 is 15.4 Å². The number of nitrogen functional groups attached to an aromatic ring is 1. The molecule has 1 heterocycles. The number of benzene rings is 1. The summed E-state index contributed by atoms with van der Waals surface area (Å²) in [4.78, 5) is 14.3. The first kappa shape index (κ1) is 21.7. The van der Waals surface area contributed by atoms with Gasteiger partial charge in [0.25, 0.3) is 0 Å². The number of nitrogens with zero attached hydrogens (tertiary/aromatic N) is 1. The quantitative estimate of drug-likeness (QED) is 0.589. The van der Waals surface area contributed by atoms with E-state index in [0.717, 1.165) is 50.9 Å². The van der Waals surface area contributed by atoms with Gasteiger partial charge in [0.15, 0.2) is 0 Å². The van der Waals surface area contributed by atoms with Gasteiger partial charge in [-0.1, -0.05) is 26.0 Å². The largest absolute Gasteiger partial charge is 0.444 e.